The molecule has 5 aliphatic heterocycles. The summed E-state index contributed by atoms with van der Waals surface area (Å²) in [6, 6.07) is 14.2. The molecule has 4 bridgehead atoms. The molecule has 4 aromatic rings. The van der Waals surface area contributed by atoms with Crippen LogP contribution in [0, 0.1) is 17.8 Å². The topological polar surface area (TPSA) is 249 Å². The van der Waals surface area contributed by atoms with Crippen LogP contribution in [0.2, 0.25) is 0 Å². The molecule has 76 heavy (non-hydrogen) atoms. The highest BCUT2D eigenvalue weighted by atomic mass is 16.6. The number of rotatable bonds is 7. The molecule has 1 aromatic heterocycles. The van der Waals surface area contributed by atoms with E-state index in [1.807, 2.05) is 37.3 Å². The summed E-state index contributed by atoms with van der Waals surface area (Å²) in [6.07, 6.45) is 13.0. The minimum atomic E-state index is -1.55. The first-order chi connectivity index (χ1) is 36.7. The van der Waals surface area contributed by atoms with Crippen LogP contribution in [0.4, 0.5) is 0 Å². The Morgan fingerprint density at radius 1 is 1.03 bits per heavy atom. The molecule has 12 rings (SSSR count). The number of aromatic hydroxyl groups is 2. The van der Waals surface area contributed by atoms with Gasteiger partial charge in [-0.15, -0.1) is 0 Å². The first kappa shape index (κ1) is 50.2. The summed E-state index contributed by atoms with van der Waals surface area (Å²) in [5.74, 6) is -3.18. The van der Waals surface area contributed by atoms with Gasteiger partial charge in [0.05, 0.1) is 24.4 Å². The zero-order valence-electron chi connectivity index (χ0n) is 43.2. The molecule has 2 fully saturated rings. The Morgan fingerprint density at radius 3 is 2.66 bits per heavy atom. The molecule has 11 N–H and O–H groups in total. The highest BCUT2D eigenvalue weighted by molar-refractivity contribution is 5.93. The fraction of sp³-hybridized carbons (Fsp3) is 0.443. The molecular weight excluding hydrogens is 965 g/mol. The third kappa shape index (κ3) is 8.02. The number of benzene rings is 3. The van der Waals surface area contributed by atoms with E-state index in [1.54, 1.807) is 25.1 Å². The van der Waals surface area contributed by atoms with Crippen LogP contribution in [0.15, 0.2) is 128 Å². The van der Waals surface area contributed by atoms with Crippen LogP contribution in [0.1, 0.15) is 123 Å². The summed E-state index contributed by atoms with van der Waals surface area (Å²) in [5, 5.41) is 79.8. The SMILES string of the molecule is CC=C(C(=O)OC1Cc2c3c(c4oc(CO)cc(=O)c4c2O)C2C4=CCNC(N)=C4C(CCc4ccc(O)cc4C2CO)C2CCC4=C5C=CC(C)NC5NC=C4CC2C1(C)O3)C1(O)CCC(c2cccc(CO)c2)C1. The van der Waals surface area contributed by atoms with Crippen molar-refractivity contribution >= 4 is 16.9 Å². The number of aryl methyl sites for hydroxylation is 1. The van der Waals surface area contributed by atoms with Crippen LogP contribution >= 0.6 is 0 Å². The molecule has 0 radical (unpaired) electrons. The van der Waals surface area contributed by atoms with Gasteiger partial charge in [0.2, 0.25) is 0 Å². The van der Waals surface area contributed by atoms with Crippen molar-refractivity contribution in [3.63, 3.8) is 0 Å². The standard InChI is InChI=1S/C61H68N4O11/c1-4-46(61(73)18-16-34(25-61)33-7-5-6-31(20-33)27-66)59(72)75-49-24-44-54(71)52-48(70)23-37(28-67)74-56(52)53-50-42-17-19-63-57(62)51(42)40(13-10-32-9-11-36(69)22-43(32)45(50)29-68)39-15-14-38-35(21-47(39)60(49,3)76-55(44)53)26-64-58-41(38)12-8-30(2)65-58/h4-9,11-12,17,20,22-23,26,30,34,39-40,45,47,49-50,58,63-69,71,73H,10,13-16,18-19,21,24-25,27-29,62H2,1-3H3. The molecule has 8 aliphatic rings. The summed E-state index contributed by atoms with van der Waals surface area (Å²) in [4.78, 5) is 29.9. The second-order valence-electron chi connectivity index (χ2n) is 22.7. The molecule has 0 spiro atoms. The smallest absolute Gasteiger partial charge is 0.337 e. The number of nitrogens with one attached hydrogen (secondary N) is 3. The number of carbonyl (C=O) groups is 1. The second kappa shape index (κ2) is 19.1. The third-order valence-electron chi connectivity index (χ3n) is 18.6. The molecule has 6 heterocycles. The summed E-state index contributed by atoms with van der Waals surface area (Å²) >= 11 is 0. The van der Waals surface area contributed by atoms with Crippen LogP contribution in [-0.4, -0.2) is 79.3 Å². The number of ether oxygens (including phenoxy) is 2. The number of fused-ring (bicyclic) bond motifs is 10. The highest BCUT2D eigenvalue weighted by Gasteiger charge is 2.59. The Bertz CT molecular complexity index is 3330. The van der Waals surface area contributed by atoms with Crippen molar-refractivity contribution in [2.45, 2.75) is 139 Å². The normalized spacial score (nSPS) is 31.6. The first-order valence-corrected chi connectivity index (χ1v) is 27.1. The van der Waals surface area contributed by atoms with E-state index in [2.05, 4.69) is 47.3 Å². The minimum Gasteiger partial charge on any atom is -0.508 e. The lowest BCUT2D eigenvalue weighted by atomic mass is 9.61. The molecule has 15 heteroatoms. The lowest BCUT2D eigenvalue weighted by Gasteiger charge is -2.52. The van der Waals surface area contributed by atoms with E-state index in [0.717, 1.165) is 45.0 Å². The molecule has 0 saturated heterocycles. The largest absolute Gasteiger partial charge is 0.508 e. The van der Waals surface area contributed by atoms with Gasteiger partial charge in [-0.05, 0) is 152 Å². The van der Waals surface area contributed by atoms with Gasteiger partial charge in [0, 0.05) is 60.2 Å². The molecule has 2 saturated carbocycles. The van der Waals surface area contributed by atoms with Crippen LogP contribution < -0.4 is 31.8 Å². The number of hydrogen-bond donors (Lipinski definition) is 10. The average Bonchev–Trinajstić information content (AvgIpc) is 3.74. The molecule has 0 amide bonds. The summed E-state index contributed by atoms with van der Waals surface area (Å²) in [7, 11) is 0. The number of allylic oxidation sites excluding steroid dienone is 5. The number of dihydropyridines is 2. The molecule has 3 aromatic carbocycles. The van der Waals surface area contributed by atoms with Gasteiger partial charge < -0.3 is 60.9 Å². The Morgan fingerprint density at radius 2 is 1.87 bits per heavy atom. The van der Waals surface area contributed by atoms with Gasteiger partial charge in [0.25, 0.3) is 0 Å². The lowest BCUT2D eigenvalue weighted by molar-refractivity contribution is -0.171. The van der Waals surface area contributed by atoms with Gasteiger partial charge in [-0.1, -0.05) is 54.6 Å². The van der Waals surface area contributed by atoms with Gasteiger partial charge in [0.15, 0.2) is 5.43 Å². The summed E-state index contributed by atoms with van der Waals surface area (Å²) in [6.45, 7) is 5.01. The fourth-order valence-electron chi connectivity index (χ4n) is 15.0. The summed E-state index contributed by atoms with van der Waals surface area (Å²) in [5.41, 5.74) is 12.9. The van der Waals surface area contributed by atoms with E-state index in [4.69, 9.17) is 19.6 Å². The maximum atomic E-state index is 15.4. The van der Waals surface area contributed by atoms with Gasteiger partial charge >= 0.3 is 5.97 Å². The molecule has 398 valence electrons. The molecular formula is C61H68N4O11. The van der Waals surface area contributed by atoms with E-state index in [1.165, 1.54) is 5.57 Å². The summed E-state index contributed by atoms with van der Waals surface area (Å²) < 4.78 is 21.3. The molecule has 15 nitrogen and oxygen atoms in total. The molecule has 11 atom stereocenters. The number of nitrogens with two attached hydrogens (primary N) is 1. The van der Waals surface area contributed by atoms with E-state index in [9.17, 15) is 35.4 Å². The predicted molar refractivity (Wildman–Crippen MR) is 285 cm³/mol. The van der Waals surface area contributed by atoms with Crippen molar-refractivity contribution in [3.05, 3.63) is 168 Å². The van der Waals surface area contributed by atoms with Crippen molar-refractivity contribution in [1.29, 1.82) is 0 Å². The first-order valence-electron chi connectivity index (χ1n) is 27.1. The number of hydrogen-bond acceptors (Lipinski definition) is 15. The third-order valence-corrected chi connectivity index (χ3v) is 18.6. The van der Waals surface area contributed by atoms with Crippen molar-refractivity contribution in [2.75, 3.05) is 13.2 Å². The zero-order valence-corrected chi connectivity index (χ0v) is 43.2. The maximum absolute atomic E-state index is 15.4. The van der Waals surface area contributed by atoms with E-state index in [0.29, 0.717) is 68.4 Å². The fourth-order valence-corrected chi connectivity index (χ4v) is 15.0. The zero-order chi connectivity index (χ0) is 52.9. The van der Waals surface area contributed by atoms with Gasteiger partial charge in [-0.3, -0.25) is 10.1 Å². The van der Waals surface area contributed by atoms with Crippen LogP contribution in [-0.2, 0) is 35.6 Å². The van der Waals surface area contributed by atoms with E-state index in [-0.39, 0.29) is 88.8 Å². The van der Waals surface area contributed by atoms with Crippen LogP contribution in [0.3, 0.4) is 0 Å². The molecule has 11 unspecified atom stereocenters. The van der Waals surface area contributed by atoms with Crippen molar-refractivity contribution in [2.24, 2.45) is 23.5 Å². The number of phenols is 2. The minimum absolute atomic E-state index is 0.0155. The Hall–Kier alpha value is -6.62. The maximum Gasteiger partial charge on any atom is 0.337 e. The number of aliphatic hydroxyl groups is 4. The number of carbonyl (C=O) groups excluding carboxylic acids is 1. The van der Waals surface area contributed by atoms with Gasteiger partial charge in [-0.2, -0.15) is 0 Å². The highest BCUT2D eigenvalue weighted by Crippen LogP contribution is 2.62. The Labute approximate surface area is 441 Å². The number of phenolic OH excluding ortho intramolecular Hbond substituents is 2. The van der Waals surface area contributed by atoms with Crippen molar-refractivity contribution in [3.8, 4) is 17.2 Å². The average molecular weight is 1030 g/mol. The number of esters is 1. The number of aliphatic hydroxyl groups excluding tert-OH is 3. The van der Waals surface area contributed by atoms with Crippen molar-refractivity contribution in [1.82, 2.24) is 16.0 Å². The van der Waals surface area contributed by atoms with Crippen molar-refractivity contribution < 1.29 is 49.3 Å². The van der Waals surface area contributed by atoms with Gasteiger partial charge in [0.1, 0.15) is 64.3 Å². The second-order valence-corrected chi connectivity index (χ2v) is 22.7. The predicted octanol–water partition coefficient (Wildman–Crippen LogP) is 6.65. The van der Waals surface area contributed by atoms with Crippen LogP contribution in [0.5, 0.6) is 17.2 Å². The quantitative estimate of drug-likeness (QED) is 0.0688. The van der Waals surface area contributed by atoms with E-state index >= 15 is 4.79 Å². The van der Waals surface area contributed by atoms with Gasteiger partial charge in [-0.25, -0.2) is 4.79 Å². The monoisotopic (exact) mass is 1030 g/mol. The lowest BCUT2D eigenvalue weighted by Crippen LogP contribution is -2.59. The Kier molecular flexibility index (Phi) is 12.6. The van der Waals surface area contributed by atoms with E-state index < -0.39 is 65.4 Å². The Balaban J connectivity index is 1.10. The van der Waals surface area contributed by atoms with Crippen LogP contribution in [0.25, 0.3) is 11.0 Å². The molecule has 3 aliphatic carbocycles.